The van der Waals surface area contributed by atoms with Gasteiger partial charge in [0.1, 0.15) is 5.60 Å². The number of ether oxygens (including phenoxy) is 1. The second-order valence-corrected chi connectivity index (χ2v) is 3.90. The van der Waals surface area contributed by atoms with Crippen LogP contribution in [-0.4, -0.2) is 12.1 Å². The molecule has 0 aliphatic carbocycles. The molecule has 0 saturated carbocycles. The molecule has 0 bridgehead atoms. The molecule has 0 fully saturated rings. The third-order valence-electron chi connectivity index (χ3n) is 1.84. The van der Waals surface area contributed by atoms with Gasteiger partial charge in [-0.3, -0.25) is 4.98 Å². The topological polar surface area (TPSA) is 22.1 Å². The summed E-state index contributed by atoms with van der Waals surface area (Å²) in [6.45, 7) is 3.97. The molecule has 1 aromatic rings. The summed E-state index contributed by atoms with van der Waals surface area (Å²) < 4.78 is 6.30. The Morgan fingerprint density at radius 1 is 1.50 bits per heavy atom. The van der Waals surface area contributed by atoms with E-state index in [0.717, 1.165) is 10.2 Å². The van der Waals surface area contributed by atoms with E-state index in [4.69, 9.17) is 4.74 Å². The van der Waals surface area contributed by atoms with E-state index in [-0.39, 0.29) is 5.60 Å². The van der Waals surface area contributed by atoms with Crippen LogP contribution in [0.25, 0.3) is 0 Å². The fourth-order valence-corrected chi connectivity index (χ4v) is 1.66. The largest absolute Gasteiger partial charge is 0.372 e. The van der Waals surface area contributed by atoms with Crippen LogP contribution in [0.15, 0.2) is 22.8 Å². The van der Waals surface area contributed by atoms with Crippen molar-refractivity contribution in [3.05, 3.63) is 28.5 Å². The number of hydrogen-bond acceptors (Lipinski definition) is 2. The van der Waals surface area contributed by atoms with Gasteiger partial charge in [0.25, 0.3) is 0 Å². The summed E-state index contributed by atoms with van der Waals surface area (Å²) in [7, 11) is 1.68. The Labute approximate surface area is 81.1 Å². The van der Waals surface area contributed by atoms with Gasteiger partial charge in [-0.1, -0.05) is 0 Å². The first kappa shape index (κ1) is 9.68. The Morgan fingerprint density at radius 3 is 2.67 bits per heavy atom. The van der Waals surface area contributed by atoms with E-state index in [1.54, 1.807) is 13.3 Å². The van der Waals surface area contributed by atoms with Crippen molar-refractivity contribution in [2.24, 2.45) is 0 Å². The van der Waals surface area contributed by atoms with Crippen LogP contribution in [0.5, 0.6) is 0 Å². The number of rotatable bonds is 2. The summed E-state index contributed by atoms with van der Waals surface area (Å²) in [4.78, 5) is 4.25. The maximum atomic E-state index is 5.31. The first-order chi connectivity index (χ1) is 5.58. The molecular formula is C9H12BrNO. The second kappa shape index (κ2) is 3.54. The standard InChI is InChI=1S/C9H12BrNO/c1-9(2,12-3)8-7(10)5-4-6-11-8/h4-6H,1-3H3. The third-order valence-corrected chi connectivity index (χ3v) is 2.48. The number of hydrogen-bond donors (Lipinski definition) is 0. The van der Waals surface area contributed by atoms with Gasteiger partial charge in [0, 0.05) is 17.8 Å². The first-order valence-electron chi connectivity index (χ1n) is 3.74. The lowest BCUT2D eigenvalue weighted by molar-refractivity contribution is 0.0148. The molecule has 0 aliphatic rings. The first-order valence-corrected chi connectivity index (χ1v) is 4.53. The Kier molecular flexibility index (Phi) is 2.85. The van der Waals surface area contributed by atoms with Crippen molar-refractivity contribution in [3.8, 4) is 0 Å². The van der Waals surface area contributed by atoms with Crippen LogP contribution in [-0.2, 0) is 10.3 Å². The van der Waals surface area contributed by atoms with Crippen LogP contribution in [0, 0.1) is 0 Å². The highest BCUT2D eigenvalue weighted by molar-refractivity contribution is 9.10. The Bertz CT molecular complexity index is 273. The quantitative estimate of drug-likeness (QED) is 0.779. The molecule has 0 spiro atoms. The van der Waals surface area contributed by atoms with E-state index in [9.17, 15) is 0 Å². The number of pyridine rings is 1. The maximum absolute atomic E-state index is 5.31. The molecule has 0 amide bonds. The molecule has 12 heavy (non-hydrogen) atoms. The van der Waals surface area contributed by atoms with Crippen molar-refractivity contribution in [1.29, 1.82) is 0 Å². The van der Waals surface area contributed by atoms with Crippen LogP contribution in [0.4, 0.5) is 0 Å². The molecule has 1 heterocycles. The summed E-state index contributed by atoms with van der Waals surface area (Å²) in [6.07, 6.45) is 1.76. The van der Waals surface area contributed by atoms with Crippen LogP contribution >= 0.6 is 15.9 Å². The van der Waals surface area contributed by atoms with Crippen LogP contribution < -0.4 is 0 Å². The molecule has 0 N–H and O–H groups in total. The van der Waals surface area contributed by atoms with E-state index in [2.05, 4.69) is 20.9 Å². The zero-order chi connectivity index (χ0) is 9.19. The van der Waals surface area contributed by atoms with E-state index < -0.39 is 0 Å². The van der Waals surface area contributed by atoms with Crippen LogP contribution in [0.3, 0.4) is 0 Å². The molecule has 2 nitrogen and oxygen atoms in total. The lowest BCUT2D eigenvalue weighted by Crippen LogP contribution is -2.21. The highest BCUT2D eigenvalue weighted by atomic mass is 79.9. The minimum Gasteiger partial charge on any atom is -0.372 e. The average Bonchev–Trinajstić information content (AvgIpc) is 2.05. The molecule has 0 aromatic carbocycles. The summed E-state index contributed by atoms with van der Waals surface area (Å²) in [6, 6.07) is 3.85. The highest BCUT2D eigenvalue weighted by Crippen LogP contribution is 2.27. The van der Waals surface area contributed by atoms with Gasteiger partial charge >= 0.3 is 0 Å². The van der Waals surface area contributed by atoms with Crippen molar-refractivity contribution in [2.75, 3.05) is 7.11 Å². The summed E-state index contributed by atoms with van der Waals surface area (Å²) in [5.74, 6) is 0. The molecule has 0 unspecified atom stereocenters. The highest BCUT2D eigenvalue weighted by Gasteiger charge is 2.23. The Hall–Kier alpha value is -0.410. The fourth-order valence-electron chi connectivity index (χ4n) is 0.925. The van der Waals surface area contributed by atoms with E-state index in [0.29, 0.717) is 0 Å². The van der Waals surface area contributed by atoms with Crippen molar-refractivity contribution >= 4 is 15.9 Å². The monoisotopic (exact) mass is 229 g/mol. The third kappa shape index (κ3) is 1.84. The van der Waals surface area contributed by atoms with Crippen molar-refractivity contribution < 1.29 is 4.74 Å². The minimum atomic E-state index is -0.333. The van der Waals surface area contributed by atoms with E-state index in [1.807, 2.05) is 26.0 Å². The fraction of sp³-hybridized carbons (Fsp3) is 0.444. The Morgan fingerprint density at radius 2 is 2.17 bits per heavy atom. The molecule has 0 radical (unpaired) electrons. The van der Waals surface area contributed by atoms with Crippen molar-refractivity contribution in [1.82, 2.24) is 4.98 Å². The average molecular weight is 230 g/mol. The van der Waals surface area contributed by atoms with E-state index >= 15 is 0 Å². The van der Waals surface area contributed by atoms with Gasteiger partial charge in [-0.2, -0.15) is 0 Å². The van der Waals surface area contributed by atoms with Gasteiger partial charge in [0.2, 0.25) is 0 Å². The lowest BCUT2D eigenvalue weighted by atomic mass is 10.0. The SMILES string of the molecule is COC(C)(C)c1ncccc1Br. The zero-order valence-electron chi connectivity index (χ0n) is 7.47. The molecular weight excluding hydrogens is 218 g/mol. The predicted molar refractivity (Wildman–Crippen MR) is 52.0 cm³/mol. The van der Waals surface area contributed by atoms with Gasteiger partial charge in [-0.05, 0) is 41.9 Å². The van der Waals surface area contributed by atoms with Crippen LogP contribution in [0.2, 0.25) is 0 Å². The maximum Gasteiger partial charge on any atom is 0.105 e. The molecule has 0 aliphatic heterocycles. The number of halogens is 1. The predicted octanol–water partition coefficient (Wildman–Crippen LogP) is 2.73. The van der Waals surface area contributed by atoms with Crippen LogP contribution in [0.1, 0.15) is 19.5 Å². The molecule has 66 valence electrons. The summed E-state index contributed by atoms with van der Waals surface area (Å²) in [5, 5.41) is 0. The lowest BCUT2D eigenvalue weighted by Gasteiger charge is -2.22. The molecule has 0 atom stereocenters. The summed E-state index contributed by atoms with van der Waals surface area (Å²) in [5.41, 5.74) is 0.590. The molecule has 3 heteroatoms. The molecule has 1 rings (SSSR count). The Balaban J connectivity index is 3.10. The normalized spacial score (nSPS) is 11.7. The summed E-state index contributed by atoms with van der Waals surface area (Å²) >= 11 is 3.43. The van der Waals surface area contributed by atoms with Gasteiger partial charge in [0.05, 0.1) is 5.69 Å². The smallest absolute Gasteiger partial charge is 0.105 e. The van der Waals surface area contributed by atoms with Gasteiger partial charge < -0.3 is 4.74 Å². The molecule has 1 aromatic heterocycles. The minimum absolute atomic E-state index is 0.333. The van der Waals surface area contributed by atoms with Crippen molar-refractivity contribution in [3.63, 3.8) is 0 Å². The van der Waals surface area contributed by atoms with E-state index in [1.165, 1.54) is 0 Å². The van der Waals surface area contributed by atoms with Gasteiger partial charge in [-0.15, -0.1) is 0 Å². The molecule has 0 saturated heterocycles. The van der Waals surface area contributed by atoms with Crippen molar-refractivity contribution in [2.45, 2.75) is 19.4 Å². The number of nitrogens with zero attached hydrogens (tertiary/aromatic N) is 1. The second-order valence-electron chi connectivity index (χ2n) is 3.05. The zero-order valence-corrected chi connectivity index (χ0v) is 9.05. The number of methoxy groups -OCH3 is 1. The van der Waals surface area contributed by atoms with Gasteiger partial charge in [0.15, 0.2) is 0 Å². The van der Waals surface area contributed by atoms with Gasteiger partial charge in [-0.25, -0.2) is 0 Å². The number of aromatic nitrogens is 1.